The van der Waals surface area contributed by atoms with Crippen LogP contribution in [-0.2, 0) is 6.61 Å². The van der Waals surface area contributed by atoms with Crippen molar-refractivity contribution in [2.24, 2.45) is 5.92 Å². The lowest BCUT2D eigenvalue weighted by molar-refractivity contribution is 0.175. The monoisotopic (exact) mass is 300 g/mol. The zero-order valence-corrected chi connectivity index (χ0v) is 11.5. The van der Waals surface area contributed by atoms with E-state index in [0.717, 1.165) is 22.4 Å². The van der Waals surface area contributed by atoms with Gasteiger partial charge in [-0.1, -0.05) is 6.42 Å². The molecule has 1 saturated carbocycles. The summed E-state index contributed by atoms with van der Waals surface area (Å²) < 4.78 is 11.9. The van der Waals surface area contributed by atoms with Crippen molar-refractivity contribution in [3.63, 3.8) is 0 Å². The number of rotatable bonds is 5. The number of aliphatic hydroxyl groups excluding tert-OH is 1. The summed E-state index contributed by atoms with van der Waals surface area (Å²) in [4.78, 5) is 0. The number of aliphatic hydroxyl groups is 1. The van der Waals surface area contributed by atoms with Gasteiger partial charge in [-0.3, -0.25) is 0 Å². The summed E-state index contributed by atoms with van der Waals surface area (Å²) in [6.07, 6.45) is 3.83. The van der Waals surface area contributed by atoms with Crippen molar-refractivity contribution in [1.82, 2.24) is 0 Å². The van der Waals surface area contributed by atoms with Crippen molar-refractivity contribution in [2.45, 2.75) is 25.9 Å². The molecular weight excluding hydrogens is 284 g/mol. The van der Waals surface area contributed by atoms with Gasteiger partial charge >= 0.3 is 0 Å². The van der Waals surface area contributed by atoms with Crippen LogP contribution in [0.3, 0.4) is 0 Å². The number of methoxy groups -OCH3 is 1. The molecular formula is C13H17BrO3. The standard InChI is InChI=1S/C13H17BrO3/c1-16-12-6-10(7-15)5-11(14)13(12)17-8-9-3-2-4-9/h5-6,9,15H,2-4,7-8H2,1H3. The summed E-state index contributed by atoms with van der Waals surface area (Å²) in [5, 5.41) is 9.12. The summed E-state index contributed by atoms with van der Waals surface area (Å²) in [6, 6.07) is 3.67. The second kappa shape index (κ2) is 5.74. The zero-order chi connectivity index (χ0) is 12.3. The molecule has 1 N–H and O–H groups in total. The van der Waals surface area contributed by atoms with Gasteiger partial charge < -0.3 is 14.6 Å². The Labute approximate surface area is 110 Å². The molecule has 1 aromatic rings. The molecule has 0 radical (unpaired) electrons. The van der Waals surface area contributed by atoms with Crippen molar-refractivity contribution >= 4 is 15.9 Å². The van der Waals surface area contributed by atoms with Crippen molar-refractivity contribution in [1.29, 1.82) is 0 Å². The van der Waals surface area contributed by atoms with E-state index in [0.29, 0.717) is 11.7 Å². The van der Waals surface area contributed by atoms with Crippen LogP contribution in [0.2, 0.25) is 0 Å². The molecule has 0 heterocycles. The van der Waals surface area contributed by atoms with Crippen LogP contribution in [0.25, 0.3) is 0 Å². The molecule has 3 nitrogen and oxygen atoms in total. The Bertz CT molecular complexity index is 388. The minimum atomic E-state index is -0.00212. The number of benzene rings is 1. The van der Waals surface area contributed by atoms with Crippen molar-refractivity contribution in [3.8, 4) is 11.5 Å². The first-order valence-corrected chi connectivity index (χ1v) is 6.64. The van der Waals surface area contributed by atoms with Gasteiger partial charge in [0.05, 0.1) is 24.8 Å². The average molecular weight is 301 g/mol. The Hall–Kier alpha value is -0.740. The van der Waals surface area contributed by atoms with E-state index in [-0.39, 0.29) is 6.61 Å². The quantitative estimate of drug-likeness (QED) is 0.908. The Kier molecular flexibility index (Phi) is 4.29. The van der Waals surface area contributed by atoms with Crippen LogP contribution < -0.4 is 9.47 Å². The molecule has 0 saturated heterocycles. The Balaban J connectivity index is 2.12. The van der Waals surface area contributed by atoms with Crippen LogP contribution in [0.1, 0.15) is 24.8 Å². The van der Waals surface area contributed by atoms with Crippen LogP contribution in [0.15, 0.2) is 16.6 Å². The van der Waals surface area contributed by atoms with Gasteiger partial charge in [0.25, 0.3) is 0 Å². The second-order valence-corrected chi connectivity index (χ2v) is 5.23. The van der Waals surface area contributed by atoms with Gasteiger partial charge in [-0.25, -0.2) is 0 Å². The largest absolute Gasteiger partial charge is 0.493 e. The maximum absolute atomic E-state index is 9.12. The van der Waals surface area contributed by atoms with Crippen molar-refractivity contribution in [2.75, 3.05) is 13.7 Å². The van der Waals surface area contributed by atoms with E-state index in [4.69, 9.17) is 14.6 Å². The molecule has 1 fully saturated rings. The van der Waals surface area contributed by atoms with E-state index in [9.17, 15) is 0 Å². The smallest absolute Gasteiger partial charge is 0.175 e. The Morgan fingerprint density at radius 1 is 1.41 bits per heavy atom. The molecule has 0 amide bonds. The molecule has 0 bridgehead atoms. The summed E-state index contributed by atoms with van der Waals surface area (Å²) in [5.41, 5.74) is 0.810. The van der Waals surface area contributed by atoms with Gasteiger partial charge in [0.2, 0.25) is 0 Å². The predicted octanol–water partition coefficient (Wildman–Crippen LogP) is 3.13. The fourth-order valence-corrected chi connectivity index (χ4v) is 2.47. The van der Waals surface area contributed by atoms with E-state index >= 15 is 0 Å². The molecule has 4 heteroatoms. The van der Waals surface area contributed by atoms with Gasteiger partial charge in [-0.2, -0.15) is 0 Å². The summed E-state index contributed by atoms with van der Waals surface area (Å²) in [5.74, 6) is 2.09. The highest BCUT2D eigenvalue weighted by atomic mass is 79.9. The lowest BCUT2D eigenvalue weighted by Gasteiger charge is -2.26. The summed E-state index contributed by atoms with van der Waals surface area (Å²) >= 11 is 3.45. The summed E-state index contributed by atoms with van der Waals surface area (Å²) in [7, 11) is 1.61. The Morgan fingerprint density at radius 2 is 2.18 bits per heavy atom. The van der Waals surface area contributed by atoms with E-state index in [1.54, 1.807) is 13.2 Å². The minimum absolute atomic E-state index is 0.00212. The molecule has 17 heavy (non-hydrogen) atoms. The average Bonchev–Trinajstić information content (AvgIpc) is 2.28. The highest BCUT2D eigenvalue weighted by Gasteiger charge is 2.20. The number of hydrogen-bond acceptors (Lipinski definition) is 3. The maximum atomic E-state index is 9.12. The molecule has 0 spiro atoms. The van der Waals surface area contributed by atoms with Crippen molar-refractivity contribution in [3.05, 3.63) is 22.2 Å². The van der Waals surface area contributed by atoms with Crippen LogP contribution in [0, 0.1) is 5.92 Å². The molecule has 2 rings (SSSR count). The van der Waals surface area contributed by atoms with E-state index in [2.05, 4.69) is 15.9 Å². The first kappa shape index (κ1) is 12.7. The number of halogens is 1. The van der Waals surface area contributed by atoms with E-state index in [1.807, 2.05) is 6.07 Å². The van der Waals surface area contributed by atoms with E-state index in [1.165, 1.54) is 19.3 Å². The molecule has 1 aliphatic rings. The molecule has 94 valence electrons. The van der Waals surface area contributed by atoms with Gasteiger partial charge in [0, 0.05) is 0 Å². The normalized spacial score (nSPS) is 15.5. The highest BCUT2D eigenvalue weighted by molar-refractivity contribution is 9.10. The van der Waals surface area contributed by atoms with Crippen LogP contribution in [-0.4, -0.2) is 18.8 Å². The molecule has 0 unspecified atom stereocenters. The molecule has 1 aromatic carbocycles. The van der Waals surface area contributed by atoms with Gasteiger partial charge in [-0.05, 0) is 52.4 Å². The number of hydrogen-bond donors (Lipinski definition) is 1. The zero-order valence-electron chi connectivity index (χ0n) is 9.91. The minimum Gasteiger partial charge on any atom is -0.493 e. The van der Waals surface area contributed by atoms with Gasteiger partial charge in [0.1, 0.15) is 0 Å². The lowest BCUT2D eigenvalue weighted by Crippen LogP contribution is -2.19. The van der Waals surface area contributed by atoms with Crippen molar-refractivity contribution < 1.29 is 14.6 Å². The fraction of sp³-hybridized carbons (Fsp3) is 0.538. The molecule has 0 aromatic heterocycles. The fourth-order valence-electron chi connectivity index (χ4n) is 1.87. The highest BCUT2D eigenvalue weighted by Crippen LogP contribution is 2.38. The third-order valence-corrected chi connectivity index (χ3v) is 3.75. The molecule has 0 atom stereocenters. The SMILES string of the molecule is COc1cc(CO)cc(Br)c1OCC1CCC1. The van der Waals surface area contributed by atoms with Crippen LogP contribution in [0.4, 0.5) is 0 Å². The first-order chi connectivity index (χ1) is 8.24. The molecule has 1 aliphatic carbocycles. The van der Waals surface area contributed by atoms with Crippen LogP contribution >= 0.6 is 15.9 Å². The van der Waals surface area contributed by atoms with Crippen LogP contribution in [0.5, 0.6) is 11.5 Å². The lowest BCUT2D eigenvalue weighted by atomic mass is 9.86. The Morgan fingerprint density at radius 3 is 2.71 bits per heavy atom. The second-order valence-electron chi connectivity index (χ2n) is 4.38. The first-order valence-electron chi connectivity index (χ1n) is 5.84. The predicted molar refractivity (Wildman–Crippen MR) is 69.5 cm³/mol. The van der Waals surface area contributed by atoms with Gasteiger partial charge in [0.15, 0.2) is 11.5 Å². The number of ether oxygens (including phenoxy) is 2. The molecule has 0 aliphatic heterocycles. The third-order valence-electron chi connectivity index (χ3n) is 3.16. The summed E-state index contributed by atoms with van der Waals surface area (Å²) in [6.45, 7) is 0.741. The maximum Gasteiger partial charge on any atom is 0.175 e. The third kappa shape index (κ3) is 2.93. The van der Waals surface area contributed by atoms with E-state index < -0.39 is 0 Å². The van der Waals surface area contributed by atoms with Gasteiger partial charge in [-0.15, -0.1) is 0 Å². The topological polar surface area (TPSA) is 38.7 Å².